The molecule has 1 saturated heterocycles. The van der Waals surface area contributed by atoms with Crippen LogP contribution in [-0.4, -0.2) is 59.9 Å². The van der Waals surface area contributed by atoms with Gasteiger partial charge in [0.15, 0.2) is 0 Å². The van der Waals surface area contributed by atoms with Crippen LogP contribution >= 0.6 is 0 Å². The molecule has 0 atom stereocenters. The predicted molar refractivity (Wildman–Crippen MR) is 98.4 cm³/mol. The van der Waals surface area contributed by atoms with E-state index >= 15 is 0 Å². The minimum Gasteiger partial charge on any atom is -0.337 e. The fraction of sp³-hybridized carbons (Fsp3) is 0.550. The third kappa shape index (κ3) is 4.41. The van der Waals surface area contributed by atoms with E-state index < -0.39 is 5.54 Å². The van der Waals surface area contributed by atoms with Gasteiger partial charge in [0.25, 0.3) is 5.91 Å². The van der Waals surface area contributed by atoms with Gasteiger partial charge in [-0.05, 0) is 25.0 Å². The van der Waals surface area contributed by atoms with E-state index in [0.29, 0.717) is 31.7 Å². The second-order valence-electron chi connectivity index (χ2n) is 7.24. The van der Waals surface area contributed by atoms with Gasteiger partial charge in [-0.3, -0.25) is 14.5 Å². The third-order valence-corrected chi connectivity index (χ3v) is 5.35. The van der Waals surface area contributed by atoms with Crippen molar-refractivity contribution < 1.29 is 9.59 Å². The Bertz CT molecular complexity index is 669. The number of amides is 2. The van der Waals surface area contributed by atoms with E-state index in [9.17, 15) is 14.9 Å². The summed E-state index contributed by atoms with van der Waals surface area (Å²) in [5, 5.41) is 12.4. The summed E-state index contributed by atoms with van der Waals surface area (Å²) in [6, 6.07) is 11.6. The molecular formula is C20H26N4O2. The predicted octanol–water partition coefficient (Wildman–Crippen LogP) is 1.79. The molecule has 0 radical (unpaired) electrons. The van der Waals surface area contributed by atoms with Crippen LogP contribution in [0.25, 0.3) is 0 Å². The van der Waals surface area contributed by atoms with Crippen LogP contribution in [0.15, 0.2) is 30.3 Å². The molecule has 1 aliphatic heterocycles. The Morgan fingerprint density at radius 3 is 2.31 bits per heavy atom. The molecule has 1 heterocycles. The second kappa shape index (κ2) is 8.33. The lowest BCUT2D eigenvalue weighted by Gasteiger charge is -2.36. The molecule has 3 rings (SSSR count). The van der Waals surface area contributed by atoms with Crippen molar-refractivity contribution in [2.75, 3.05) is 32.7 Å². The van der Waals surface area contributed by atoms with Gasteiger partial charge in [-0.15, -0.1) is 0 Å². The lowest BCUT2D eigenvalue weighted by molar-refractivity contribution is -0.124. The van der Waals surface area contributed by atoms with Gasteiger partial charge in [0, 0.05) is 31.7 Å². The van der Waals surface area contributed by atoms with Crippen molar-refractivity contribution in [1.29, 1.82) is 5.26 Å². The van der Waals surface area contributed by atoms with Gasteiger partial charge >= 0.3 is 0 Å². The Kier molecular flexibility index (Phi) is 5.89. The Morgan fingerprint density at radius 1 is 1.04 bits per heavy atom. The van der Waals surface area contributed by atoms with Crippen molar-refractivity contribution >= 4 is 11.8 Å². The van der Waals surface area contributed by atoms with E-state index in [1.807, 2.05) is 35.2 Å². The van der Waals surface area contributed by atoms with Crippen LogP contribution in [-0.2, 0) is 4.79 Å². The van der Waals surface area contributed by atoms with Crippen molar-refractivity contribution in [2.24, 2.45) is 0 Å². The molecule has 0 bridgehead atoms. The van der Waals surface area contributed by atoms with Gasteiger partial charge in [-0.2, -0.15) is 5.26 Å². The standard InChI is InChI=1S/C20H26N4O2/c21-16-20(9-5-2-6-10-20)22-18(25)15-23-11-13-24(14-12-23)19(26)17-7-3-1-4-8-17/h1,3-4,7-8H,2,5-6,9-15H2,(H,22,25). The van der Waals surface area contributed by atoms with E-state index in [0.717, 1.165) is 32.1 Å². The fourth-order valence-electron chi connectivity index (χ4n) is 3.80. The maximum Gasteiger partial charge on any atom is 0.253 e. The Labute approximate surface area is 154 Å². The Hall–Kier alpha value is -2.39. The number of nitrogens with zero attached hydrogens (tertiary/aromatic N) is 3. The SMILES string of the molecule is N#CC1(NC(=O)CN2CCN(C(=O)c3ccccc3)CC2)CCCCC1. The summed E-state index contributed by atoms with van der Waals surface area (Å²) in [7, 11) is 0. The second-order valence-corrected chi connectivity index (χ2v) is 7.24. The van der Waals surface area contributed by atoms with E-state index in [1.54, 1.807) is 0 Å². The van der Waals surface area contributed by atoms with Crippen molar-refractivity contribution in [3.8, 4) is 6.07 Å². The van der Waals surface area contributed by atoms with Crippen LogP contribution in [0.1, 0.15) is 42.5 Å². The molecule has 26 heavy (non-hydrogen) atoms. The summed E-state index contributed by atoms with van der Waals surface area (Å²) < 4.78 is 0. The van der Waals surface area contributed by atoms with E-state index in [1.165, 1.54) is 0 Å². The number of benzene rings is 1. The maximum absolute atomic E-state index is 12.5. The largest absolute Gasteiger partial charge is 0.337 e. The molecule has 0 spiro atoms. The van der Waals surface area contributed by atoms with Crippen molar-refractivity contribution in [3.05, 3.63) is 35.9 Å². The third-order valence-electron chi connectivity index (χ3n) is 5.35. The average molecular weight is 354 g/mol. The first kappa shape index (κ1) is 18.4. The number of hydrogen-bond donors (Lipinski definition) is 1. The van der Waals surface area contributed by atoms with Crippen LogP contribution in [0.5, 0.6) is 0 Å². The van der Waals surface area contributed by atoms with Gasteiger partial charge in [-0.25, -0.2) is 0 Å². The summed E-state index contributed by atoms with van der Waals surface area (Å²) in [6.45, 7) is 2.86. The molecule has 6 heteroatoms. The maximum atomic E-state index is 12.5. The minimum atomic E-state index is -0.680. The lowest BCUT2D eigenvalue weighted by atomic mass is 9.83. The smallest absolute Gasteiger partial charge is 0.253 e. The summed E-state index contributed by atoms with van der Waals surface area (Å²) in [5.74, 6) is -0.0448. The molecule has 2 amide bonds. The summed E-state index contributed by atoms with van der Waals surface area (Å²) in [5.41, 5.74) is 0.0208. The first-order valence-electron chi connectivity index (χ1n) is 9.41. The quantitative estimate of drug-likeness (QED) is 0.894. The molecule has 1 aromatic rings. The molecule has 138 valence electrons. The average Bonchev–Trinajstić information content (AvgIpc) is 2.69. The molecule has 0 unspecified atom stereocenters. The Balaban J connectivity index is 1.47. The molecule has 6 nitrogen and oxygen atoms in total. The van der Waals surface area contributed by atoms with Gasteiger partial charge in [0.2, 0.25) is 5.91 Å². The van der Waals surface area contributed by atoms with Crippen LogP contribution < -0.4 is 5.32 Å². The Morgan fingerprint density at radius 2 is 1.69 bits per heavy atom. The normalized spacial score (nSPS) is 20.2. The van der Waals surface area contributed by atoms with Crippen LogP contribution in [0.3, 0.4) is 0 Å². The number of nitrogens with one attached hydrogen (secondary N) is 1. The van der Waals surface area contributed by atoms with Crippen molar-refractivity contribution in [1.82, 2.24) is 15.1 Å². The molecule has 2 fully saturated rings. The molecule has 1 saturated carbocycles. The highest BCUT2D eigenvalue weighted by Gasteiger charge is 2.34. The molecule has 1 N–H and O–H groups in total. The van der Waals surface area contributed by atoms with Gasteiger partial charge < -0.3 is 10.2 Å². The number of rotatable bonds is 4. The van der Waals surface area contributed by atoms with Gasteiger partial charge in [0.1, 0.15) is 5.54 Å². The van der Waals surface area contributed by atoms with E-state index in [-0.39, 0.29) is 18.4 Å². The highest BCUT2D eigenvalue weighted by atomic mass is 16.2. The van der Waals surface area contributed by atoms with E-state index in [4.69, 9.17) is 0 Å². The monoisotopic (exact) mass is 354 g/mol. The molecule has 0 aromatic heterocycles. The van der Waals surface area contributed by atoms with Crippen LogP contribution in [0.4, 0.5) is 0 Å². The number of hydrogen-bond acceptors (Lipinski definition) is 4. The fourth-order valence-corrected chi connectivity index (χ4v) is 3.80. The zero-order valence-electron chi connectivity index (χ0n) is 15.1. The first-order chi connectivity index (χ1) is 12.6. The van der Waals surface area contributed by atoms with Crippen molar-refractivity contribution in [3.63, 3.8) is 0 Å². The molecule has 1 aromatic carbocycles. The van der Waals surface area contributed by atoms with Gasteiger partial charge in [0.05, 0.1) is 12.6 Å². The van der Waals surface area contributed by atoms with Gasteiger partial charge in [-0.1, -0.05) is 37.5 Å². The van der Waals surface area contributed by atoms with Crippen molar-refractivity contribution in [2.45, 2.75) is 37.6 Å². The summed E-state index contributed by atoms with van der Waals surface area (Å²) in [6.07, 6.45) is 4.61. The molecular weight excluding hydrogens is 328 g/mol. The summed E-state index contributed by atoms with van der Waals surface area (Å²) >= 11 is 0. The number of piperazine rings is 1. The van der Waals surface area contributed by atoms with Crippen LogP contribution in [0.2, 0.25) is 0 Å². The molecule has 2 aliphatic rings. The minimum absolute atomic E-state index is 0.0420. The highest BCUT2D eigenvalue weighted by Crippen LogP contribution is 2.27. The number of nitriles is 1. The summed E-state index contributed by atoms with van der Waals surface area (Å²) in [4.78, 5) is 28.7. The topological polar surface area (TPSA) is 76.4 Å². The zero-order chi connectivity index (χ0) is 18.4. The number of carbonyl (C=O) groups excluding carboxylic acids is 2. The lowest BCUT2D eigenvalue weighted by Crippen LogP contribution is -2.55. The van der Waals surface area contributed by atoms with Crippen LogP contribution in [0, 0.1) is 11.3 Å². The number of carbonyl (C=O) groups is 2. The highest BCUT2D eigenvalue weighted by molar-refractivity contribution is 5.94. The first-order valence-corrected chi connectivity index (χ1v) is 9.41. The molecule has 1 aliphatic carbocycles. The van der Waals surface area contributed by atoms with E-state index in [2.05, 4.69) is 16.3 Å². The zero-order valence-corrected chi connectivity index (χ0v) is 15.1.